The Morgan fingerprint density at radius 1 is 1.13 bits per heavy atom. The van der Waals surface area contributed by atoms with Crippen LogP contribution in [0.4, 0.5) is 0 Å². The molecule has 2 aliphatic rings. The summed E-state index contributed by atoms with van der Waals surface area (Å²) < 4.78 is 21.9. The highest BCUT2D eigenvalue weighted by Crippen LogP contribution is 2.48. The van der Waals surface area contributed by atoms with Gasteiger partial charge in [0.2, 0.25) is 0 Å². The number of aromatic nitrogens is 5. The fourth-order valence-corrected chi connectivity index (χ4v) is 5.19. The van der Waals surface area contributed by atoms with E-state index in [1.165, 1.54) is 12.4 Å². The van der Waals surface area contributed by atoms with Crippen LogP contribution in [0.2, 0.25) is 5.02 Å². The summed E-state index contributed by atoms with van der Waals surface area (Å²) in [6.07, 6.45) is 4.41. The summed E-state index contributed by atoms with van der Waals surface area (Å²) in [6, 6.07) is 11.4. The van der Waals surface area contributed by atoms with E-state index in [0.717, 1.165) is 35.5 Å². The molecule has 0 bridgehead atoms. The Hall–Kier alpha value is -3.89. The smallest absolute Gasteiger partial charge is 0.338 e. The predicted molar refractivity (Wildman–Crippen MR) is 137 cm³/mol. The minimum absolute atomic E-state index is 0.131. The lowest BCUT2D eigenvalue weighted by molar-refractivity contribution is -0.00438. The molecule has 1 saturated carbocycles. The number of aromatic carboxylic acids is 1. The second-order valence-electron chi connectivity index (χ2n) is 9.40. The van der Waals surface area contributed by atoms with E-state index in [1.54, 1.807) is 18.9 Å². The molecule has 38 heavy (non-hydrogen) atoms. The molecule has 0 spiro atoms. The molecule has 6 rings (SSSR count). The van der Waals surface area contributed by atoms with Crippen LogP contribution in [-0.2, 0) is 11.3 Å². The Bertz CT molecular complexity index is 1510. The molecule has 2 aromatic carbocycles. The zero-order valence-corrected chi connectivity index (χ0v) is 21.6. The number of benzene rings is 2. The Morgan fingerprint density at radius 3 is 2.66 bits per heavy atom. The average Bonchev–Trinajstić information content (AvgIpc) is 3.52. The minimum Gasteiger partial charge on any atom is -0.493 e. The maximum absolute atomic E-state index is 11.3. The van der Waals surface area contributed by atoms with Crippen molar-refractivity contribution in [2.75, 3.05) is 14.2 Å². The van der Waals surface area contributed by atoms with Gasteiger partial charge in [-0.15, -0.1) is 10.2 Å². The quantitative estimate of drug-likeness (QED) is 0.337. The van der Waals surface area contributed by atoms with Crippen molar-refractivity contribution < 1.29 is 24.1 Å². The van der Waals surface area contributed by atoms with Gasteiger partial charge in [-0.25, -0.2) is 4.79 Å². The number of rotatable bonds is 8. The molecular weight excluding hydrogens is 510 g/mol. The molecule has 0 saturated heterocycles. The second-order valence-corrected chi connectivity index (χ2v) is 9.84. The van der Waals surface area contributed by atoms with Gasteiger partial charge in [-0.3, -0.25) is 9.25 Å². The Labute approximate surface area is 223 Å². The number of ether oxygens (including phenoxy) is 3. The van der Waals surface area contributed by atoms with Crippen LogP contribution in [0.25, 0.3) is 5.69 Å². The molecule has 1 aliphatic carbocycles. The van der Waals surface area contributed by atoms with E-state index in [0.29, 0.717) is 41.2 Å². The highest BCUT2D eigenvalue weighted by molar-refractivity contribution is 6.30. The molecule has 2 aromatic heterocycles. The normalized spacial score (nSPS) is 18.4. The molecule has 11 heteroatoms. The van der Waals surface area contributed by atoms with Crippen LogP contribution in [0.3, 0.4) is 0 Å². The van der Waals surface area contributed by atoms with Gasteiger partial charge < -0.3 is 19.3 Å². The number of fused-ring (bicyclic) bond motifs is 3. The fraction of sp³-hybridized carbons (Fsp3) is 0.333. The summed E-state index contributed by atoms with van der Waals surface area (Å²) in [5.41, 5.74) is 2.69. The molecule has 0 amide bonds. The van der Waals surface area contributed by atoms with Gasteiger partial charge in [-0.2, -0.15) is 5.10 Å². The van der Waals surface area contributed by atoms with Gasteiger partial charge in [0.05, 0.1) is 31.7 Å². The minimum atomic E-state index is -1.02. The highest BCUT2D eigenvalue weighted by Gasteiger charge is 2.38. The van der Waals surface area contributed by atoms with Crippen LogP contribution in [-0.4, -0.2) is 49.8 Å². The van der Waals surface area contributed by atoms with Gasteiger partial charge in [0.15, 0.2) is 17.3 Å². The number of hydrogen-bond donors (Lipinski definition) is 1. The molecule has 10 nitrogen and oxygen atoms in total. The summed E-state index contributed by atoms with van der Waals surface area (Å²) in [5.74, 6) is 2.07. The standard InChI is InChI=1S/C27H26ClN5O5/c1-36-21-5-3-4-18(24(21)37-2)23-19-12-17(28)8-9-20(19)33-25(15-6-7-15)30-31-26(33)22(38-23)10-11-32-14-16(13-29-32)27(34)35/h3-5,8-9,12-15,22-23H,6-7,10-11H2,1-2H3,(H,34,35)/t22-,23-/m1/s1. The monoisotopic (exact) mass is 535 g/mol. The van der Waals surface area contributed by atoms with Gasteiger partial charge in [0, 0.05) is 41.2 Å². The molecule has 196 valence electrons. The number of carboxylic acid groups (broad SMARTS) is 1. The first-order valence-corrected chi connectivity index (χ1v) is 12.7. The molecule has 1 N–H and O–H groups in total. The summed E-state index contributed by atoms with van der Waals surface area (Å²) in [4.78, 5) is 11.3. The molecule has 2 atom stereocenters. The first kappa shape index (κ1) is 24.4. The summed E-state index contributed by atoms with van der Waals surface area (Å²) >= 11 is 6.52. The van der Waals surface area contributed by atoms with Crippen LogP contribution >= 0.6 is 11.6 Å². The van der Waals surface area contributed by atoms with Crippen molar-refractivity contribution in [3.63, 3.8) is 0 Å². The van der Waals surface area contributed by atoms with E-state index >= 15 is 0 Å². The molecular formula is C27H26ClN5O5. The predicted octanol–water partition coefficient (Wildman–Crippen LogP) is 4.96. The zero-order valence-electron chi connectivity index (χ0n) is 20.9. The van der Waals surface area contributed by atoms with Gasteiger partial charge in [-0.1, -0.05) is 23.7 Å². The van der Waals surface area contributed by atoms with Crippen LogP contribution in [0.1, 0.15) is 70.5 Å². The van der Waals surface area contributed by atoms with Crippen LogP contribution < -0.4 is 9.47 Å². The second kappa shape index (κ2) is 9.77. The van der Waals surface area contributed by atoms with Crippen molar-refractivity contribution in [3.8, 4) is 17.2 Å². The largest absolute Gasteiger partial charge is 0.493 e. The number of carbonyl (C=O) groups is 1. The first-order chi connectivity index (χ1) is 18.5. The van der Waals surface area contributed by atoms with E-state index in [2.05, 4.69) is 19.9 Å². The zero-order chi connectivity index (χ0) is 26.4. The molecule has 4 aromatic rings. The number of hydrogen-bond acceptors (Lipinski definition) is 7. The van der Waals surface area contributed by atoms with Gasteiger partial charge >= 0.3 is 5.97 Å². The lowest BCUT2D eigenvalue weighted by Crippen LogP contribution is -2.15. The van der Waals surface area contributed by atoms with Gasteiger partial charge in [-0.05, 0) is 37.1 Å². The van der Waals surface area contributed by atoms with E-state index in [1.807, 2.05) is 36.4 Å². The lowest BCUT2D eigenvalue weighted by atomic mass is 9.98. The summed E-state index contributed by atoms with van der Waals surface area (Å²) in [6.45, 7) is 0.419. The van der Waals surface area contributed by atoms with Crippen molar-refractivity contribution in [3.05, 3.63) is 82.2 Å². The van der Waals surface area contributed by atoms with Crippen LogP contribution in [0.5, 0.6) is 11.5 Å². The maximum atomic E-state index is 11.3. The SMILES string of the molecule is COc1cccc([C@H]2O[C@H](CCn3cc(C(=O)O)cn3)c3nnc(C4CC4)n3-c3ccc(Cl)cc32)c1OC. The van der Waals surface area contributed by atoms with E-state index < -0.39 is 18.2 Å². The summed E-state index contributed by atoms with van der Waals surface area (Å²) in [5, 5.41) is 23.2. The highest BCUT2D eigenvalue weighted by atomic mass is 35.5. The number of carboxylic acids is 1. The van der Waals surface area contributed by atoms with Gasteiger partial charge in [0.25, 0.3) is 0 Å². The van der Waals surface area contributed by atoms with E-state index in [9.17, 15) is 9.90 Å². The van der Waals surface area contributed by atoms with Crippen molar-refractivity contribution >= 4 is 17.6 Å². The number of nitrogens with zero attached hydrogens (tertiary/aromatic N) is 5. The average molecular weight is 536 g/mol. The van der Waals surface area contributed by atoms with Crippen molar-refractivity contribution in [2.45, 2.75) is 43.9 Å². The third-order valence-electron chi connectivity index (χ3n) is 6.97. The molecule has 3 heterocycles. The third kappa shape index (κ3) is 4.29. The van der Waals surface area contributed by atoms with Crippen LogP contribution in [0, 0.1) is 0 Å². The van der Waals surface area contributed by atoms with Crippen LogP contribution in [0.15, 0.2) is 48.8 Å². The molecule has 0 unspecified atom stereocenters. The number of methoxy groups -OCH3 is 2. The number of halogens is 1. The number of para-hydroxylation sites is 1. The maximum Gasteiger partial charge on any atom is 0.338 e. The molecule has 0 radical (unpaired) electrons. The summed E-state index contributed by atoms with van der Waals surface area (Å²) in [7, 11) is 3.20. The van der Waals surface area contributed by atoms with Crippen molar-refractivity contribution in [2.24, 2.45) is 0 Å². The lowest BCUT2D eigenvalue weighted by Gasteiger charge is -2.25. The Kier molecular flexibility index (Phi) is 6.29. The van der Waals surface area contributed by atoms with Gasteiger partial charge in [0.1, 0.15) is 18.0 Å². The first-order valence-electron chi connectivity index (χ1n) is 12.4. The Morgan fingerprint density at radius 2 is 1.95 bits per heavy atom. The van der Waals surface area contributed by atoms with E-state index in [4.69, 9.17) is 25.8 Å². The topological polar surface area (TPSA) is 114 Å². The van der Waals surface area contributed by atoms with Crippen molar-refractivity contribution in [1.29, 1.82) is 0 Å². The number of aryl methyl sites for hydroxylation is 1. The van der Waals surface area contributed by atoms with Crippen molar-refractivity contribution in [1.82, 2.24) is 24.5 Å². The molecule has 1 fully saturated rings. The van der Waals surface area contributed by atoms with E-state index in [-0.39, 0.29) is 5.56 Å². The third-order valence-corrected chi connectivity index (χ3v) is 7.21. The Balaban J connectivity index is 1.48. The fourth-order valence-electron chi connectivity index (χ4n) is 5.01. The molecule has 1 aliphatic heterocycles.